The van der Waals surface area contributed by atoms with Gasteiger partial charge in [-0.25, -0.2) is 4.79 Å². The van der Waals surface area contributed by atoms with Gasteiger partial charge < -0.3 is 121 Å². The predicted molar refractivity (Wildman–Crippen MR) is 308 cm³/mol. The summed E-state index contributed by atoms with van der Waals surface area (Å²) in [4.78, 5) is 187. The Balaban J connectivity index is 1.74. The molecule has 90 heavy (non-hydrogen) atoms. The van der Waals surface area contributed by atoms with Crippen LogP contribution in [0.3, 0.4) is 0 Å². The third-order valence-corrected chi connectivity index (χ3v) is 13.6. The standard InChI is InChI=1S/C52H79N17O21/c1-23(73)40(68-42(80)27(53)20-70)48(86)60-19-38(77)67-41(24(2)74)49(87)64-31(15-25-17-58-28-8-4-3-7-26(25)28)44(82)65-32(16-36(54)75)50(88)69-14-6-10-35(69)47(85)59-18-37(76)61-33(21-71)45(83)66-34(22-72)46(84)62-29(11-12-39(78)79)43(81)63-30(51(89)90)9-5-13-57-52(55)56/h3-4,7-8,17,23-24,27,29-35,40-41,58,70-74H,5-6,9-16,18-22,53H2,1-2H3,(H2,54,75)(H,59,85)(H,60,86)(H,61,76)(H,62,84)(H,63,81)(H,64,87)(H,65,82)(H,66,83)(H,67,77)(H,68,80)(H,78,79)(H,89,90)(H4,55,56,57)/t23-,24-,27+,29+,30+,31+,32+,33+,34+,35+,40+,41+/m1/s1. The number of nitrogens with zero attached hydrogens (tertiary/aromatic N) is 1. The van der Waals surface area contributed by atoms with Crippen LogP contribution in [-0.2, 0) is 73.5 Å². The second-order valence-electron chi connectivity index (χ2n) is 20.7. The van der Waals surface area contributed by atoms with E-state index in [1.54, 1.807) is 24.3 Å². The Morgan fingerprint density at radius 3 is 1.77 bits per heavy atom. The lowest BCUT2D eigenvalue weighted by Gasteiger charge is -2.30. The number of carbonyl (C=O) groups is 14. The highest BCUT2D eigenvalue weighted by atomic mass is 16.4. The molecule has 0 bridgehead atoms. The van der Waals surface area contributed by atoms with E-state index in [0.717, 1.165) is 18.7 Å². The average molecular weight is 1280 g/mol. The molecule has 0 saturated carbocycles. The molecule has 12 amide bonds. The Hall–Kier alpha value is -9.63. The third kappa shape index (κ3) is 23.8. The number of hydrogen-bond acceptors (Lipinski definition) is 21. The number of carboxylic acid groups (broad SMARTS) is 2. The number of rotatable bonds is 38. The van der Waals surface area contributed by atoms with E-state index >= 15 is 0 Å². The maximum Gasteiger partial charge on any atom is 0.326 e. The summed E-state index contributed by atoms with van der Waals surface area (Å²) in [6.45, 7) is -2.76. The molecule has 2 aromatic rings. The highest BCUT2D eigenvalue weighted by molar-refractivity contribution is 6.00. The summed E-state index contributed by atoms with van der Waals surface area (Å²) in [6.07, 6.45) is -4.18. The number of benzene rings is 1. The largest absolute Gasteiger partial charge is 0.481 e. The second-order valence-corrected chi connectivity index (χ2v) is 20.7. The number of primary amides is 1. The molecule has 0 aliphatic carbocycles. The number of carboxylic acids is 2. The molecule has 1 aromatic heterocycles. The van der Waals surface area contributed by atoms with Crippen molar-refractivity contribution in [2.75, 3.05) is 46.0 Å². The molecule has 1 saturated heterocycles. The molecule has 1 aromatic carbocycles. The first-order valence-corrected chi connectivity index (χ1v) is 28.0. The van der Waals surface area contributed by atoms with E-state index in [4.69, 9.17) is 27.7 Å². The highest BCUT2D eigenvalue weighted by Crippen LogP contribution is 2.22. The van der Waals surface area contributed by atoms with Crippen molar-refractivity contribution in [3.05, 3.63) is 36.0 Å². The van der Waals surface area contributed by atoms with Crippen molar-refractivity contribution >= 4 is 99.7 Å². The van der Waals surface area contributed by atoms with E-state index in [1.165, 1.54) is 6.20 Å². The monoisotopic (exact) mass is 1280 g/mol. The first-order chi connectivity index (χ1) is 42.4. The number of aliphatic carboxylic acids is 2. The topological polar surface area (TPSA) is 634 Å². The molecule has 1 aliphatic rings. The number of fused-ring (bicyclic) bond motifs is 1. The summed E-state index contributed by atoms with van der Waals surface area (Å²) in [5, 5.41) is 101. The van der Waals surface area contributed by atoms with Gasteiger partial charge in [0.05, 0.1) is 51.5 Å². The molecular formula is C52H79N17O21. The second kappa shape index (κ2) is 36.6. The Morgan fingerprint density at radius 1 is 0.633 bits per heavy atom. The number of aromatic amines is 1. The van der Waals surface area contributed by atoms with Crippen LogP contribution in [0.25, 0.3) is 10.9 Å². The van der Waals surface area contributed by atoms with Crippen molar-refractivity contribution in [3.63, 3.8) is 0 Å². The van der Waals surface area contributed by atoms with Crippen molar-refractivity contribution in [2.45, 2.75) is 138 Å². The van der Waals surface area contributed by atoms with Gasteiger partial charge in [0.1, 0.15) is 60.4 Å². The van der Waals surface area contributed by atoms with Crippen LogP contribution in [0, 0.1) is 5.41 Å². The van der Waals surface area contributed by atoms with Crippen molar-refractivity contribution in [1.29, 1.82) is 5.41 Å². The third-order valence-electron chi connectivity index (χ3n) is 13.6. The number of para-hydroxylation sites is 1. The average Bonchev–Trinajstić information content (AvgIpc) is 1.79. The van der Waals surface area contributed by atoms with Gasteiger partial charge in [-0.1, -0.05) is 18.2 Å². The summed E-state index contributed by atoms with van der Waals surface area (Å²) >= 11 is 0. The van der Waals surface area contributed by atoms with Crippen LogP contribution in [-0.4, -0.2) is 253 Å². The Labute approximate surface area is 512 Å². The number of H-pyrrole nitrogens is 1. The molecule has 38 heteroatoms. The summed E-state index contributed by atoms with van der Waals surface area (Å²) in [5.41, 5.74) is 17.2. The summed E-state index contributed by atoms with van der Waals surface area (Å²) in [6, 6.07) is -10.1. The van der Waals surface area contributed by atoms with Crippen LogP contribution in [0.5, 0.6) is 0 Å². The quantitative estimate of drug-likeness (QED) is 0.0169. The van der Waals surface area contributed by atoms with Crippen molar-refractivity contribution in [3.8, 4) is 0 Å². The first kappa shape index (κ1) is 74.6. The fourth-order valence-electron chi connectivity index (χ4n) is 8.88. The summed E-state index contributed by atoms with van der Waals surface area (Å²) in [7, 11) is 0. The van der Waals surface area contributed by atoms with Gasteiger partial charge in [0.2, 0.25) is 70.9 Å². The zero-order valence-electron chi connectivity index (χ0n) is 48.9. The van der Waals surface area contributed by atoms with Crippen LogP contribution in [0.1, 0.15) is 64.4 Å². The number of aromatic nitrogens is 1. The van der Waals surface area contributed by atoms with E-state index in [0.29, 0.717) is 16.5 Å². The molecule has 12 atom stereocenters. The van der Waals surface area contributed by atoms with E-state index in [-0.39, 0.29) is 45.2 Å². The lowest BCUT2D eigenvalue weighted by Crippen LogP contribution is -2.61. The summed E-state index contributed by atoms with van der Waals surface area (Å²) < 4.78 is 0. The van der Waals surface area contributed by atoms with Crippen LogP contribution < -0.4 is 75.7 Å². The van der Waals surface area contributed by atoms with Crippen molar-refractivity contribution in [1.82, 2.24) is 68.4 Å². The fourth-order valence-corrected chi connectivity index (χ4v) is 8.88. The molecule has 0 spiro atoms. The molecule has 38 nitrogen and oxygen atoms in total. The SMILES string of the molecule is C[C@@H](O)[C@H](NC(=O)CNC(=O)[C@@H](NC(=O)[C@@H](N)CO)[C@@H](C)O)C(=O)N[C@@H](Cc1c[nH]c2ccccc12)C(=O)N[C@@H](CC(N)=O)C(=O)N1CCC[C@H]1C(=O)NCC(=O)N[C@@H](CO)C(=O)N[C@@H](CO)C(=O)N[C@@H](CCC(=O)O)C(=O)N[C@@H](CCCNC(=N)N)C(=O)O. The normalized spacial score (nSPS) is 16.4. The van der Waals surface area contributed by atoms with E-state index < -0.39 is 214 Å². The number of nitrogens with two attached hydrogens (primary N) is 3. The Bertz CT molecular complexity index is 2930. The van der Waals surface area contributed by atoms with Gasteiger partial charge in [-0.3, -0.25) is 67.7 Å². The molecule has 2 heterocycles. The molecule has 498 valence electrons. The van der Waals surface area contributed by atoms with Gasteiger partial charge in [-0.15, -0.1) is 0 Å². The number of likely N-dealkylation sites (tertiary alicyclic amines) is 1. The molecule has 0 unspecified atom stereocenters. The highest BCUT2D eigenvalue weighted by Gasteiger charge is 2.41. The molecule has 3 rings (SSSR count). The zero-order chi connectivity index (χ0) is 67.5. The van der Waals surface area contributed by atoms with Gasteiger partial charge in [0, 0.05) is 43.0 Å². The van der Waals surface area contributed by atoms with Gasteiger partial charge in [0.15, 0.2) is 5.96 Å². The van der Waals surface area contributed by atoms with Gasteiger partial charge in [-0.05, 0) is 57.6 Å². The van der Waals surface area contributed by atoms with Gasteiger partial charge in [0.25, 0.3) is 0 Å². The van der Waals surface area contributed by atoms with Crippen LogP contribution in [0.15, 0.2) is 30.5 Å². The number of carbonyl (C=O) groups excluding carboxylic acids is 12. The van der Waals surface area contributed by atoms with E-state index in [1.807, 2.05) is 5.32 Å². The zero-order valence-corrected chi connectivity index (χ0v) is 48.9. The summed E-state index contributed by atoms with van der Waals surface area (Å²) in [5.74, 6) is -16.8. The predicted octanol–water partition coefficient (Wildman–Crippen LogP) is -11.0. The number of guanidine groups is 1. The van der Waals surface area contributed by atoms with Crippen LogP contribution in [0.4, 0.5) is 0 Å². The van der Waals surface area contributed by atoms with Crippen molar-refractivity contribution < 1.29 is 103 Å². The lowest BCUT2D eigenvalue weighted by atomic mass is 10.0. The molecule has 1 fully saturated rings. The number of aliphatic hydroxyl groups is 5. The van der Waals surface area contributed by atoms with Gasteiger partial charge >= 0.3 is 11.9 Å². The number of nitrogens with one attached hydrogen (secondary N) is 13. The Kier molecular flexibility index (Phi) is 30.4. The van der Waals surface area contributed by atoms with Gasteiger partial charge in [-0.2, -0.15) is 0 Å². The van der Waals surface area contributed by atoms with Crippen molar-refractivity contribution in [2.24, 2.45) is 17.2 Å². The number of aliphatic hydroxyl groups excluding tert-OH is 5. The number of hydrogen-bond donors (Lipinski definition) is 23. The Morgan fingerprint density at radius 2 is 1.18 bits per heavy atom. The minimum Gasteiger partial charge on any atom is -0.481 e. The molecule has 0 radical (unpaired) electrons. The molecule has 26 N–H and O–H groups in total. The fraction of sp³-hybridized carbons (Fsp3) is 0.558. The van der Waals surface area contributed by atoms with E-state index in [9.17, 15) is 97.8 Å². The smallest absolute Gasteiger partial charge is 0.326 e. The number of amides is 12. The minimum absolute atomic E-state index is 0.0337. The lowest BCUT2D eigenvalue weighted by molar-refractivity contribution is -0.143. The van der Waals surface area contributed by atoms with Crippen LogP contribution in [0.2, 0.25) is 0 Å². The maximum absolute atomic E-state index is 14.4. The van der Waals surface area contributed by atoms with Crippen LogP contribution >= 0.6 is 0 Å². The molecule has 1 aliphatic heterocycles. The van der Waals surface area contributed by atoms with E-state index in [2.05, 4.69) is 58.2 Å². The first-order valence-electron chi connectivity index (χ1n) is 28.0. The molecular weight excluding hydrogens is 1200 g/mol. The maximum atomic E-state index is 14.4. The minimum atomic E-state index is -1.92.